The Balaban J connectivity index is 1.49. The Morgan fingerprint density at radius 3 is 2.36 bits per heavy atom. The van der Waals surface area contributed by atoms with Crippen LogP contribution in [0.5, 0.6) is 0 Å². The van der Waals surface area contributed by atoms with Crippen molar-refractivity contribution in [2.24, 2.45) is 0 Å². The summed E-state index contributed by atoms with van der Waals surface area (Å²) in [5, 5.41) is 13.0. The molecular weight excluding hydrogens is 520 g/mol. The fraction of sp³-hybridized carbons (Fsp3) is 0.174. The zero-order valence-electron chi connectivity index (χ0n) is 18.0. The van der Waals surface area contributed by atoms with E-state index in [4.69, 9.17) is 0 Å². The largest absolute Gasteiger partial charge is 0.325 e. The van der Waals surface area contributed by atoms with Crippen molar-refractivity contribution in [2.75, 3.05) is 11.1 Å². The predicted octanol–water partition coefficient (Wildman–Crippen LogP) is 5.46. The van der Waals surface area contributed by atoms with Crippen LogP contribution in [0.2, 0.25) is 0 Å². The molecule has 0 unspecified atom stereocenters. The van der Waals surface area contributed by atoms with E-state index in [1.54, 1.807) is 0 Å². The Labute approximate surface area is 209 Å². The Bertz CT molecular complexity index is 1230. The highest BCUT2D eigenvalue weighted by atomic mass is 79.9. The van der Waals surface area contributed by atoms with Crippen molar-refractivity contribution in [3.8, 4) is 5.69 Å². The van der Waals surface area contributed by atoms with Crippen molar-refractivity contribution in [1.29, 1.82) is 0 Å². The number of nitrogens with zero attached hydrogens (tertiary/aromatic N) is 5. The fourth-order valence-corrected chi connectivity index (χ4v) is 4.97. The van der Waals surface area contributed by atoms with Gasteiger partial charge >= 0.3 is 0 Å². The number of hydrogen-bond acceptors (Lipinski definition) is 7. The van der Waals surface area contributed by atoms with Gasteiger partial charge in [0.25, 0.3) is 0 Å². The number of halogens is 1. The first kappa shape index (κ1) is 23.5. The minimum absolute atomic E-state index is 0.107. The smallest absolute Gasteiger partial charge is 0.234 e. The van der Waals surface area contributed by atoms with Crippen molar-refractivity contribution in [3.05, 3.63) is 82.3 Å². The molecule has 2 aromatic heterocycles. The quantitative estimate of drug-likeness (QED) is 0.234. The lowest BCUT2D eigenvalue weighted by atomic mass is 10.3. The van der Waals surface area contributed by atoms with E-state index in [1.807, 2.05) is 79.1 Å². The Morgan fingerprint density at radius 1 is 0.970 bits per heavy atom. The molecule has 10 heteroatoms. The number of aryl methyl sites for hydroxylation is 2. The van der Waals surface area contributed by atoms with Crippen LogP contribution >= 0.6 is 39.5 Å². The maximum absolute atomic E-state index is 12.5. The average Bonchev–Trinajstić information content (AvgIpc) is 3.21. The number of anilines is 1. The van der Waals surface area contributed by atoms with Crippen LogP contribution in [0.15, 0.2) is 75.4 Å². The van der Waals surface area contributed by atoms with Gasteiger partial charge in [0.1, 0.15) is 5.82 Å². The van der Waals surface area contributed by atoms with Gasteiger partial charge in [0.15, 0.2) is 10.3 Å². The van der Waals surface area contributed by atoms with Crippen LogP contribution in [0.25, 0.3) is 5.69 Å². The number of thioether (sulfide) groups is 2. The van der Waals surface area contributed by atoms with E-state index in [2.05, 4.69) is 41.4 Å². The van der Waals surface area contributed by atoms with E-state index in [9.17, 15) is 4.79 Å². The molecule has 4 aromatic rings. The highest BCUT2D eigenvalue weighted by Crippen LogP contribution is 2.26. The number of nitrogens with one attached hydrogen (secondary N) is 1. The number of para-hydroxylation sites is 1. The first-order chi connectivity index (χ1) is 16.0. The first-order valence-electron chi connectivity index (χ1n) is 10.1. The molecule has 2 heterocycles. The molecule has 0 bridgehead atoms. The molecular formula is C23H21BrN6OS2. The number of aromatic nitrogens is 5. The summed E-state index contributed by atoms with van der Waals surface area (Å²) in [6.07, 6.45) is 0. The molecule has 0 atom stereocenters. The molecule has 0 aliphatic rings. The van der Waals surface area contributed by atoms with E-state index >= 15 is 0 Å². The minimum atomic E-state index is -0.107. The number of benzene rings is 2. The zero-order valence-corrected chi connectivity index (χ0v) is 21.2. The van der Waals surface area contributed by atoms with Crippen molar-refractivity contribution >= 4 is 51.0 Å². The van der Waals surface area contributed by atoms with E-state index in [-0.39, 0.29) is 11.7 Å². The molecule has 1 N–H and O–H groups in total. The lowest BCUT2D eigenvalue weighted by molar-refractivity contribution is -0.113. The van der Waals surface area contributed by atoms with Crippen molar-refractivity contribution in [2.45, 2.75) is 29.9 Å². The lowest BCUT2D eigenvalue weighted by Gasteiger charge is -2.10. The molecule has 0 spiro atoms. The standard InChI is InChI=1S/C23H21BrN6OS2/c1-15-12-16(2)26-22(25-15)32-13-20-28-29-23(30(20)19-6-4-3-5-7-19)33-14-21(31)27-18-10-8-17(24)9-11-18/h3-12H,13-14H2,1-2H3,(H,27,31). The molecule has 0 fully saturated rings. The number of amides is 1. The molecule has 33 heavy (non-hydrogen) atoms. The molecule has 2 aromatic carbocycles. The maximum Gasteiger partial charge on any atom is 0.234 e. The summed E-state index contributed by atoms with van der Waals surface area (Å²) in [5.74, 6) is 1.43. The van der Waals surface area contributed by atoms with Crippen LogP contribution in [-0.4, -0.2) is 36.4 Å². The van der Waals surface area contributed by atoms with Gasteiger partial charge in [0.2, 0.25) is 5.91 Å². The highest BCUT2D eigenvalue weighted by molar-refractivity contribution is 9.10. The maximum atomic E-state index is 12.5. The highest BCUT2D eigenvalue weighted by Gasteiger charge is 2.17. The van der Waals surface area contributed by atoms with Gasteiger partial charge < -0.3 is 5.32 Å². The van der Waals surface area contributed by atoms with Gasteiger partial charge in [-0.05, 0) is 56.3 Å². The Hall–Kier alpha value is -2.69. The van der Waals surface area contributed by atoms with Gasteiger partial charge in [-0.3, -0.25) is 9.36 Å². The van der Waals surface area contributed by atoms with Gasteiger partial charge in [-0.25, -0.2) is 9.97 Å². The second kappa shape index (κ2) is 11.0. The molecule has 168 valence electrons. The summed E-state index contributed by atoms with van der Waals surface area (Å²) < 4.78 is 2.94. The topological polar surface area (TPSA) is 85.6 Å². The number of carbonyl (C=O) groups excluding carboxylic acids is 1. The van der Waals surface area contributed by atoms with Crippen LogP contribution < -0.4 is 5.32 Å². The van der Waals surface area contributed by atoms with Crippen molar-refractivity contribution in [3.63, 3.8) is 0 Å². The summed E-state index contributed by atoms with van der Waals surface area (Å²) in [4.78, 5) is 21.5. The molecule has 0 saturated heterocycles. The monoisotopic (exact) mass is 540 g/mol. The lowest BCUT2D eigenvalue weighted by Crippen LogP contribution is -2.14. The minimum Gasteiger partial charge on any atom is -0.325 e. The SMILES string of the molecule is Cc1cc(C)nc(SCc2nnc(SCC(=O)Nc3ccc(Br)cc3)n2-c2ccccc2)n1. The van der Waals surface area contributed by atoms with E-state index in [0.29, 0.717) is 16.1 Å². The number of rotatable bonds is 8. The van der Waals surface area contributed by atoms with E-state index in [0.717, 1.165) is 33.1 Å². The zero-order chi connectivity index (χ0) is 23.2. The third-order valence-corrected chi connectivity index (χ3v) is 6.77. The first-order valence-corrected chi connectivity index (χ1v) is 12.9. The Morgan fingerprint density at radius 2 is 1.67 bits per heavy atom. The second-order valence-corrected chi connectivity index (χ2v) is 9.94. The summed E-state index contributed by atoms with van der Waals surface area (Å²) >= 11 is 6.26. The van der Waals surface area contributed by atoms with Crippen LogP contribution in [0.4, 0.5) is 5.69 Å². The van der Waals surface area contributed by atoms with Crippen LogP contribution in [0.3, 0.4) is 0 Å². The molecule has 7 nitrogen and oxygen atoms in total. The third kappa shape index (κ3) is 6.43. The predicted molar refractivity (Wildman–Crippen MR) is 136 cm³/mol. The summed E-state index contributed by atoms with van der Waals surface area (Å²) in [6, 6.07) is 19.3. The van der Waals surface area contributed by atoms with Gasteiger partial charge in [0, 0.05) is 27.2 Å². The van der Waals surface area contributed by atoms with E-state index in [1.165, 1.54) is 23.5 Å². The number of carbonyl (C=O) groups is 1. The second-order valence-electron chi connectivity index (χ2n) is 7.14. The Kier molecular flexibility index (Phi) is 7.79. The van der Waals surface area contributed by atoms with Crippen molar-refractivity contribution < 1.29 is 4.79 Å². The van der Waals surface area contributed by atoms with Crippen LogP contribution in [0.1, 0.15) is 17.2 Å². The molecule has 0 aliphatic carbocycles. The van der Waals surface area contributed by atoms with Gasteiger partial charge in [-0.15, -0.1) is 10.2 Å². The van der Waals surface area contributed by atoms with Gasteiger partial charge in [-0.1, -0.05) is 57.7 Å². The summed E-state index contributed by atoms with van der Waals surface area (Å²) in [7, 11) is 0. The average molecular weight is 542 g/mol. The summed E-state index contributed by atoms with van der Waals surface area (Å²) in [6.45, 7) is 3.92. The molecule has 0 radical (unpaired) electrons. The van der Waals surface area contributed by atoms with Gasteiger partial charge in [0.05, 0.1) is 11.5 Å². The van der Waals surface area contributed by atoms with Crippen LogP contribution in [-0.2, 0) is 10.5 Å². The molecule has 0 aliphatic heterocycles. The fourth-order valence-electron chi connectivity index (χ4n) is 3.07. The van der Waals surface area contributed by atoms with Gasteiger partial charge in [-0.2, -0.15) is 0 Å². The molecule has 4 rings (SSSR count). The normalized spacial score (nSPS) is 10.9. The molecule has 0 saturated carbocycles. The molecule has 1 amide bonds. The van der Waals surface area contributed by atoms with Crippen LogP contribution in [0, 0.1) is 13.8 Å². The van der Waals surface area contributed by atoms with Crippen molar-refractivity contribution in [1.82, 2.24) is 24.7 Å². The number of hydrogen-bond donors (Lipinski definition) is 1. The third-order valence-electron chi connectivity index (χ3n) is 4.47. The van der Waals surface area contributed by atoms with E-state index < -0.39 is 0 Å². The summed E-state index contributed by atoms with van der Waals surface area (Å²) in [5.41, 5.74) is 3.55.